The first kappa shape index (κ1) is 60.2. The van der Waals surface area contributed by atoms with Gasteiger partial charge in [0.05, 0.1) is 54.1 Å². The van der Waals surface area contributed by atoms with Crippen molar-refractivity contribution in [1.29, 1.82) is 0 Å². The zero-order valence-corrected chi connectivity index (χ0v) is 45.4. The molecule has 27 nitrogen and oxygen atoms in total. The molecular weight excluding hydrogens is 1150 g/mol. The van der Waals surface area contributed by atoms with E-state index in [1.165, 1.54) is 55.6 Å². The van der Waals surface area contributed by atoms with Crippen molar-refractivity contribution in [3.8, 4) is 45.8 Å². The van der Waals surface area contributed by atoms with Crippen molar-refractivity contribution in [3.63, 3.8) is 0 Å². The summed E-state index contributed by atoms with van der Waals surface area (Å²) in [4.78, 5) is 116. The van der Waals surface area contributed by atoms with Crippen molar-refractivity contribution in [2.45, 2.75) is 71.2 Å². The number of hydrogen-bond acceptors (Lipinski definition) is 19. The maximum absolute atomic E-state index is 13.8. The largest absolute Gasteiger partial charge is 0.506 e. The molecule has 1 saturated heterocycles. The van der Waals surface area contributed by atoms with Gasteiger partial charge in [-0.15, -0.1) is 0 Å². The molecule has 1 aliphatic carbocycles. The smallest absolute Gasteiger partial charge is 0.490 e. The summed E-state index contributed by atoms with van der Waals surface area (Å²) < 4.78 is 70.3. The molecule has 0 bridgehead atoms. The number of nitrogens with zero attached hydrogens (tertiary/aromatic N) is 2. The summed E-state index contributed by atoms with van der Waals surface area (Å²) in [6.45, 7) is 3.31. The van der Waals surface area contributed by atoms with Gasteiger partial charge in [-0.2, -0.15) is 8.62 Å². The zero-order valence-electron chi connectivity index (χ0n) is 41.2. The number of hydrogen-bond donors (Lipinski definition) is 8. The average Bonchev–Trinajstić information content (AvgIpc) is 3.88. The van der Waals surface area contributed by atoms with Crippen LogP contribution in [0.5, 0.6) is 11.5 Å². The van der Waals surface area contributed by atoms with Gasteiger partial charge in [0.2, 0.25) is 5.43 Å². The highest BCUT2D eigenvalue weighted by Crippen LogP contribution is 2.66. The van der Waals surface area contributed by atoms with Crippen LogP contribution in [0.1, 0.15) is 88.4 Å². The summed E-state index contributed by atoms with van der Waals surface area (Å²) in [5.41, 5.74) is -2.89. The zero-order chi connectivity index (χ0) is 58.2. The minimum Gasteiger partial charge on any atom is -0.506 e. The van der Waals surface area contributed by atoms with Gasteiger partial charge in [0.1, 0.15) is 28.1 Å². The fraction of sp³-hybridized carbons (Fsp3) is 0.298. The quantitative estimate of drug-likeness (QED) is 0.00929. The number of carbonyl (C=O) groups is 2. The lowest BCUT2D eigenvalue weighted by atomic mass is 9.88. The fourth-order valence-corrected chi connectivity index (χ4v) is 11.9. The molecule has 0 amide bonds. The molecule has 8 N–H and O–H groups in total. The number of H-pyrrole nitrogens is 1. The molecule has 420 valence electrons. The number of aromatic carboxylic acids is 1. The minimum absolute atomic E-state index is 0.00390. The van der Waals surface area contributed by atoms with E-state index in [0.29, 0.717) is 0 Å². The number of aromatic amines is 1. The van der Waals surface area contributed by atoms with Gasteiger partial charge in [-0.25, -0.2) is 23.3 Å². The van der Waals surface area contributed by atoms with E-state index in [1.54, 1.807) is 20.8 Å². The number of phosphoric acid groups is 3. The van der Waals surface area contributed by atoms with Gasteiger partial charge in [0.15, 0.2) is 22.9 Å². The van der Waals surface area contributed by atoms with Crippen molar-refractivity contribution < 1.29 is 94.9 Å². The lowest BCUT2D eigenvalue weighted by Crippen LogP contribution is -2.34. The Balaban J connectivity index is 1.07. The number of nitro groups is 1. The SMILES string of the molecule is COc1cc2c(-c3cc(C(=O)CCC#Cc4ccc(C(OCc5cn([C@H]6CC(O)[C@@H](COP(=O)(O)OP(=O)(O)OP(=O)(O)O)O6)c(=O)[nH]c5=O)C(C)C)c([N+](=O)[O-])c4)ccc3C(=O)O)c3cc(C)c(O)c(Cl)c3oc-2c(Cl)c1=O. The molecule has 3 aliphatic rings. The monoisotopic (exact) mass is 1200 g/mol. The Bertz CT molecular complexity index is 3830. The van der Waals surface area contributed by atoms with Crippen LogP contribution >= 0.6 is 46.7 Å². The van der Waals surface area contributed by atoms with Crippen molar-refractivity contribution in [3.05, 3.63) is 139 Å². The normalized spacial score (nSPS) is 17.5. The van der Waals surface area contributed by atoms with Gasteiger partial charge in [-0.1, -0.05) is 55.0 Å². The number of Topliss-reactive ketones (excluding diaryl/α,β-unsaturated/α-hetero) is 1. The van der Waals surface area contributed by atoms with E-state index in [1.807, 2.05) is 0 Å². The Morgan fingerprint density at radius 1 is 0.987 bits per heavy atom. The van der Waals surface area contributed by atoms with E-state index in [2.05, 4.69) is 30.0 Å². The number of carboxylic acid groups (broad SMARTS) is 1. The van der Waals surface area contributed by atoms with E-state index in [9.17, 15) is 72.9 Å². The molecule has 4 aromatic rings. The number of nitrogens with one attached hydrogen (secondary N) is 1. The number of aliphatic hydroxyl groups excluding tert-OH is 1. The number of aromatic hydroxyl groups is 1. The number of benzene rings is 4. The summed E-state index contributed by atoms with van der Waals surface area (Å²) in [5.74, 6) is 2.53. The number of phenolic OH excluding ortho intramolecular Hbond substituents is 1. The molecule has 0 radical (unpaired) electrons. The number of carboxylic acids is 1. The summed E-state index contributed by atoms with van der Waals surface area (Å²) >= 11 is 13.0. The van der Waals surface area contributed by atoms with Gasteiger partial charge in [-0.05, 0) is 60.4 Å². The van der Waals surface area contributed by atoms with E-state index in [0.717, 1.165) is 10.8 Å². The lowest BCUT2D eigenvalue weighted by Gasteiger charge is -2.22. The summed E-state index contributed by atoms with van der Waals surface area (Å²) in [6.07, 6.45) is -5.14. The Kier molecular flexibility index (Phi) is 18.1. The lowest BCUT2D eigenvalue weighted by molar-refractivity contribution is -0.386. The number of carbonyl (C=O) groups excluding carboxylic acids is 1. The second-order valence-electron chi connectivity index (χ2n) is 17.7. The van der Waals surface area contributed by atoms with Gasteiger partial charge < -0.3 is 53.5 Å². The molecular formula is C47H44Cl2N3O24P3. The van der Waals surface area contributed by atoms with Crippen LogP contribution < -0.4 is 21.4 Å². The van der Waals surface area contributed by atoms with Crippen molar-refractivity contribution in [2.24, 2.45) is 5.92 Å². The van der Waals surface area contributed by atoms with Crippen LogP contribution in [0.25, 0.3) is 33.4 Å². The molecule has 3 heterocycles. The van der Waals surface area contributed by atoms with Crippen LogP contribution in [-0.2, 0) is 42.9 Å². The van der Waals surface area contributed by atoms with E-state index >= 15 is 0 Å². The Morgan fingerprint density at radius 3 is 2.34 bits per heavy atom. The number of rotatable bonds is 20. The van der Waals surface area contributed by atoms with Gasteiger partial charge in [0.25, 0.3) is 11.2 Å². The van der Waals surface area contributed by atoms with Gasteiger partial charge in [0, 0.05) is 59.2 Å². The number of halogens is 2. The first-order valence-electron chi connectivity index (χ1n) is 22.8. The molecule has 1 aromatic heterocycles. The number of methoxy groups -OCH3 is 1. The Labute approximate surface area is 453 Å². The van der Waals surface area contributed by atoms with Crippen molar-refractivity contribution >= 4 is 75.1 Å². The van der Waals surface area contributed by atoms with Crippen LogP contribution in [0.3, 0.4) is 0 Å². The molecule has 6 atom stereocenters. The summed E-state index contributed by atoms with van der Waals surface area (Å²) in [6, 6.07) is 10.7. The summed E-state index contributed by atoms with van der Waals surface area (Å²) in [7, 11) is -15.9. The third kappa shape index (κ3) is 13.6. The van der Waals surface area contributed by atoms with Crippen molar-refractivity contribution in [1.82, 2.24) is 9.55 Å². The number of aliphatic hydroxyl groups is 1. The van der Waals surface area contributed by atoms with Crippen LogP contribution in [0.15, 0.2) is 73.5 Å². The molecule has 4 unspecified atom stereocenters. The standard InChI is InChI=1S/C47H44Cl2N3O24P3/c1-21(2)42(71-19-25-18-51(47(60)50-45(25)57)36-17-33(54)35(73-36)20-72-78(66,67)76-79(68,69)75-77(63,64)65)27-11-9-23(14-31(27)52(61)62)7-5-6-8-32(53)24-10-12-26(46(58)59)28(15-24)37-29-13-22(3)40(55)38(48)43(29)74-44-30(37)16-34(70-4)41(56)39(44)49/h9-16,18,21,33,35-36,42,54-55H,6,8,17,19-20H2,1-4H3,(H,58,59)(H,66,67)(H,68,69)(H,50,57,60)(H2,63,64,65)/t33?,35-,36-,42?/m1/s1. The molecule has 2 aliphatic heterocycles. The highest BCUT2D eigenvalue weighted by molar-refractivity contribution is 7.66. The van der Waals surface area contributed by atoms with E-state index in [-0.39, 0.29) is 96.2 Å². The highest BCUT2D eigenvalue weighted by atomic mass is 35.5. The maximum Gasteiger partial charge on any atom is 0.490 e. The third-order valence-electron chi connectivity index (χ3n) is 12.0. The van der Waals surface area contributed by atoms with Crippen LogP contribution in [0.2, 0.25) is 10.0 Å². The number of nitro benzene ring substituents is 1. The molecule has 3 aromatic carbocycles. The van der Waals surface area contributed by atoms with Gasteiger partial charge >= 0.3 is 35.1 Å². The number of aryl methyl sites for hydroxylation is 1. The number of ether oxygens (including phenoxy) is 3. The predicted octanol–water partition coefficient (Wildman–Crippen LogP) is 7.27. The van der Waals surface area contributed by atoms with Crippen LogP contribution in [-0.4, -0.2) is 87.0 Å². The molecule has 32 heteroatoms. The number of phosphoric ester groups is 1. The molecule has 1 fully saturated rings. The topological polar surface area (TPSA) is 411 Å². The van der Waals surface area contributed by atoms with Crippen LogP contribution in [0, 0.1) is 34.8 Å². The fourth-order valence-electron chi connectivity index (χ4n) is 8.39. The number of aromatic nitrogens is 2. The number of fused-ring (bicyclic) bond motifs is 2. The third-order valence-corrected chi connectivity index (χ3v) is 16.5. The van der Waals surface area contributed by atoms with Crippen molar-refractivity contribution in [2.75, 3.05) is 13.7 Å². The second kappa shape index (κ2) is 23.7. The Morgan fingerprint density at radius 2 is 1.70 bits per heavy atom. The number of ketones is 1. The minimum atomic E-state index is -5.85. The van der Waals surface area contributed by atoms with E-state index in [4.69, 9.17) is 51.6 Å². The second-order valence-corrected chi connectivity index (χ2v) is 22.9. The molecule has 0 saturated carbocycles. The first-order chi connectivity index (χ1) is 36.9. The first-order valence-corrected chi connectivity index (χ1v) is 28.1. The predicted molar refractivity (Wildman–Crippen MR) is 276 cm³/mol. The van der Waals surface area contributed by atoms with Crippen LogP contribution in [0.4, 0.5) is 5.69 Å². The Hall–Kier alpha value is -6.40. The highest BCUT2D eigenvalue weighted by Gasteiger charge is 2.43. The average molecular weight is 1200 g/mol. The summed E-state index contributed by atoms with van der Waals surface area (Å²) in [5, 5.41) is 43.6. The molecule has 79 heavy (non-hydrogen) atoms. The maximum atomic E-state index is 13.8. The van der Waals surface area contributed by atoms with Gasteiger partial charge in [-0.3, -0.25) is 38.6 Å². The number of phenols is 1. The molecule has 7 rings (SSSR count). The van der Waals surface area contributed by atoms with E-state index < -0.39 is 118 Å². The molecule has 0 spiro atoms.